The highest BCUT2D eigenvalue weighted by Crippen LogP contribution is 2.26. The van der Waals surface area contributed by atoms with Crippen molar-refractivity contribution in [1.29, 1.82) is 5.26 Å². The molecule has 2 rings (SSSR count). The number of rotatable bonds is 3. The molecule has 1 heterocycles. The summed E-state index contributed by atoms with van der Waals surface area (Å²) in [5, 5.41) is 9.05. The minimum absolute atomic E-state index is 0.269. The van der Waals surface area contributed by atoms with E-state index in [1.165, 1.54) is 12.8 Å². The van der Waals surface area contributed by atoms with Gasteiger partial charge in [0.25, 0.3) is 0 Å². The first-order valence-electron chi connectivity index (χ1n) is 6.92. The molecule has 0 spiro atoms. The molecule has 0 radical (unpaired) electrons. The Bertz CT molecular complexity index is 471. The first kappa shape index (κ1) is 13.8. The van der Waals surface area contributed by atoms with E-state index in [0.717, 1.165) is 31.4 Å². The third-order valence-electron chi connectivity index (χ3n) is 3.72. The zero-order valence-electron chi connectivity index (χ0n) is 11.5. The van der Waals surface area contributed by atoms with Gasteiger partial charge in [-0.05, 0) is 31.9 Å². The highest BCUT2D eigenvalue weighted by atomic mass is 16.5. The summed E-state index contributed by atoms with van der Waals surface area (Å²) in [5.41, 5.74) is 7.45. The standard InChI is InChI=1S/C15H21N3O/c1-12-6-7-13(10-16)14(18-12)19-11-15(17)8-4-2-3-5-9-15/h6-7H,2-5,8-9,11,17H2,1H3. The third kappa shape index (κ3) is 3.68. The van der Waals surface area contributed by atoms with Gasteiger partial charge >= 0.3 is 0 Å². The molecule has 0 saturated heterocycles. The topological polar surface area (TPSA) is 71.9 Å². The normalized spacial score (nSPS) is 18.4. The monoisotopic (exact) mass is 259 g/mol. The highest BCUT2D eigenvalue weighted by molar-refractivity contribution is 5.38. The smallest absolute Gasteiger partial charge is 0.231 e. The molecule has 1 aliphatic rings. The summed E-state index contributed by atoms with van der Waals surface area (Å²) in [5.74, 6) is 0.413. The van der Waals surface area contributed by atoms with Crippen molar-refractivity contribution in [2.75, 3.05) is 6.61 Å². The lowest BCUT2D eigenvalue weighted by Crippen LogP contribution is -2.45. The second-order valence-corrected chi connectivity index (χ2v) is 5.48. The Morgan fingerprint density at radius 2 is 2.00 bits per heavy atom. The van der Waals surface area contributed by atoms with E-state index in [1.54, 1.807) is 6.07 Å². The van der Waals surface area contributed by atoms with Crippen LogP contribution in [0.25, 0.3) is 0 Å². The van der Waals surface area contributed by atoms with Crippen molar-refractivity contribution in [3.63, 3.8) is 0 Å². The van der Waals surface area contributed by atoms with Crippen LogP contribution in [-0.2, 0) is 0 Å². The molecule has 4 heteroatoms. The Morgan fingerprint density at radius 3 is 2.63 bits per heavy atom. The van der Waals surface area contributed by atoms with Gasteiger partial charge in [0.1, 0.15) is 18.2 Å². The zero-order valence-corrected chi connectivity index (χ0v) is 11.5. The molecule has 1 saturated carbocycles. The van der Waals surface area contributed by atoms with Crippen molar-refractivity contribution in [2.45, 2.75) is 51.0 Å². The molecule has 1 aliphatic carbocycles. The lowest BCUT2D eigenvalue weighted by molar-refractivity contribution is 0.193. The van der Waals surface area contributed by atoms with Gasteiger partial charge in [-0.15, -0.1) is 0 Å². The Balaban J connectivity index is 2.05. The molecule has 0 atom stereocenters. The van der Waals surface area contributed by atoms with E-state index in [2.05, 4.69) is 11.1 Å². The zero-order chi connectivity index (χ0) is 13.7. The van der Waals surface area contributed by atoms with Gasteiger partial charge in [-0.1, -0.05) is 25.7 Å². The summed E-state index contributed by atoms with van der Waals surface area (Å²) in [6.07, 6.45) is 6.80. The van der Waals surface area contributed by atoms with Crippen molar-refractivity contribution < 1.29 is 4.74 Å². The van der Waals surface area contributed by atoms with Gasteiger partial charge < -0.3 is 10.5 Å². The fourth-order valence-electron chi connectivity index (χ4n) is 2.52. The van der Waals surface area contributed by atoms with Crippen LogP contribution in [0.1, 0.15) is 49.8 Å². The molecule has 102 valence electrons. The van der Waals surface area contributed by atoms with Gasteiger partial charge in [-0.3, -0.25) is 0 Å². The second-order valence-electron chi connectivity index (χ2n) is 5.48. The third-order valence-corrected chi connectivity index (χ3v) is 3.72. The average Bonchev–Trinajstić information content (AvgIpc) is 2.62. The van der Waals surface area contributed by atoms with Gasteiger partial charge in [0.2, 0.25) is 5.88 Å². The van der Waals surface area contributed by atoms with E-state index in [4.69, 9.17) is 15.7 Å². The number of aromatic nitrogens is 1. The van der Waals surface area contributed by atoms with E-state index in [9.17, 15) is 0 Å². The molecule has 1 aromatic heterocycles. The number of pyridine rings is 1. The van der Waals surface area contributed by atoms with Crippen LogP contribution >= 0.6 is 0 Å². The SMILES string of the molecule is Cc1ccc(C#N)c(OCC2(N)CCCCCC2)n1. The van der Waals surface area contributed by atoms with Gasteiger partial charge in [0.15, 0.2) is 0 Å². The van der Waals surface area contributed by atoms with E-state index in [-0.39, 0.29) is 5.54 Å². The van der Waals surface area contributed by atoms with Gasteiger partial charge in [0.05, 0.1) is 5.54 Å². The number of hydrogen-bond acceptors (Lipinski definition) is 4. The Morgan fingerprint density at radius 1 is 1.32 bits per heavy atom. The maximum Gasteiger partial charge on any atom is 0.231 e. The summed E-state index contributed by atoms with van der Waals surface area (Å²) in [4.78, 5) is 4.28. The van der Waals surface area contributed by atoms with Gasteiger partial charge in [0, 0.05) is 5.69 Å². The van der Waals surface area contributed by atoms with Gasteiger partial charge in [-0.25, -0.2) is 4.98 Å². The predicted octanol–water partition coefficient (Wildman–Crippen LogP) is 2.69. The van der Waals surface area contributed by atoms with E-state index < -0.39 is 0 Å². The lowest BCUT2D eigenvalue weighted by Gasteiger charge is -2.27. The summed E-state index contributed by atoms with van der Waals surface area (Å²) in [6, 6.07) is 5.67. The second kappa shape index (κ2) is 6.03. The minimum atomic E-state index is -0.269. The molecular formula is C15H21N3O. The summed E-state index contributed by atoms with van der Waals surface area (Å²) < 4.78 is 5.75. The van der Waals surface area contributed by atoms with Crippen molar-refractivity contribution in [2.24, 2.45) is 5.73 Å². The summed E-state index contributed by atoms with van der Waals surface area (Å²) in [7, 11) is 0. The van der Waals surface area contributed by atoms with Crippen molar-refractivity contribution in [3.05, 3.63) is 23.4 Å². The van der Waals surface area contributed by atoms with E-state index in [0.29, 0.717) is 18.1 Å². The molecule has 0 unspecified atom stereocenters. The molecule has 4 nitrogen and oxygen atoms in total. The van der Waals surface area contributed by atoms with Crippen LogP contribution in [0.3, 0.4) is 0 Å². The van der Waals surface area contributed by atoms with Crippen LogP contribution < -0.4 is 10.5 Å². The Hall–Kier alpha value is -1.60. The number of nitrogens with zero attached hydrogens (tertiary/aromatic N) is 2. The molecule has 0 aliphatic heterocycles. The van der Waals surface area contributed by atoms with Crippen LogP contribution in [-0.4, -0.2) is 17.1 Å². The molecule has 19 heavy (non-hydrogen) atoms. The largest absolute Gasteiger partial charge is 0.475 e. The fraction of sp³-hybridized carbons (Fsp3) is 0.600. The van der Waals surface area contributed by atoms with E-state index >= 15 is 0 Å². The number of hydrogen-bond donors (Lipinski definition) is 1. The Kier molecular flexibility index (Phi) is 4.39. The maximum absolute atomic E-state index is 9.05. The molecule has 2 N–H and O–H groups in total. The molecular weight excluding hydrogens is 238 g/mol. The van der Waals surface area contributed by atoms with Crippen LogP contribution in [0, 0.1) is 18.3 Å². The lowest BCUT2D eigenvalue weighted by atomic mass is 9.93. The van der Waals surface area contributed by atoms with Crippen LogP contribution in [0.15, 0.2) is 12.1 Å². The summed E-state index contributed by atoms with van der Waals surface area (Å²) in [6.45, 7) is 2.33. The van der Waals surface area contributed by atoms with Crippen molar-refractivity contribution in [1.82, 2.24) is 4.98 Å². The highest BCUT2D eigenvalue weighted by Gasteiger charge is 2.27. The van der Waals surface area contributed by atoms with E-state index in [1.807, 2.05) is 13.0 Å². The van der Waals surface area contributed by atoms with Crippen LogP contribution in [0.4, 0.5) is 0 Å². The first-order chi connectivity index (χ1) is 9.13. The average molecular weight is 259 g/mol. The quantitative estimate of drug-likeness (QED) is 0.847. The number of nitrogens with two attached hydrogens (primary N) is 1. The maximum atomic E-state index is 9.05. The summed E-state index contributed by atoms with van der Waals surface area (Å²) >= 11 is 0. The number of ether oxygens (including phenoxy) is 1. The Labute approximate surface area is 114 Å². The van der Waals surface area contributed by atoms with Crippen molar-refractivity contribution in [3.8, 4) is 11.9 Å². The molecule has 1 fully saturated rings. The minimum Gasteiger partial charge on any atom is -0.475 e. The molecule has 0 aromatic carbocycles. The van der Waals surface area contributed by atoms with Gasteiger partial charge in [-0.2, -0.15) is 5.26 Å². The van der Waals surface area contributed by atoms with Crippen LogP contribution in [0.5, 0.6) is 5.88 Å². The molecule has 0 bridgehead atoms. The fourth-order valence-corrected chi connectivity index (χ4v) is 2.52. The molecule has 1 aromatic rings. The predicted molar refractivity (Wildman–Crippen MR) is 73.8 cm³/mol. The molecule has 0 amide bonds. The number of nitriles is 1. The number of aryl methyl sites for hydroxylation is 1. The van der Waals surface area contributed by atoms with Crippen molar-refractivity contribution >= 4 is 0 Å². The van der Waals surface area contributed by atoms with Crippen LogP contribution in [0.2, 0.25) is 0 Å². The first-order valence-corrected chi connectivity index (χ1v) is 6.92.